The van der Waals surface area contributed by atoms with Crippen LogP contribution in [0.3, 0.4) is 0 Å². The van der Waals surface area contributed by atoms with E-state index >= 15 is 0 Å². The number of carbonyl (C=O) groups is 1. The van der Waals surface area contributed by atoms with Crippen LogP contribution in [0, 0.1) is 10.1 Å². The van der Waals surface area contributed by atoms with E-state index in [2.05, 4.69) is 30.3 Å². The van der Waals surface area contributed by atoms with Crippen molar-refractivity contribution >= 4 is 46.1 Å². The second-order valence-corrected chi connectivity index (χ2v) is 7.58. The Balaban J connectivity index is 1.27. The molecule has 162 valence electrons. The van der Waals surface area contributed by atoms with Crippen LogP contribution in [0.25, 0.3) is 11.0 Å². The molecule has 4 rings (SSSR count). The van der Waals surface area contributed by atoms with Crippen molar-refractivity contribution in [1.82, 2.24) is 15.0 Å². The molecular weight excluding hydrogens is 432 g/mol. The normalized spacial score (nSPS) is 10.6. The third-order valence-electron chi connectivity index (χ3n) is 4.54. The van der Waals surface area contributed by atoms with E-state index in [0.29, 0.717) is 17.7 Å². The molecule has 32 heavy (non-hydrogen) atoms. The number of urea groups is 1. The minimum absolute atomic E-state index is 0.116. The highest BCUT2D eigenvalue weighted by Gasteiger charge is 2.19. The molecule has 0 aliphatic carbocycles. The summed E-state index contributed by atoms with van der Waals surface area (Å²) in [6.07, 6.45) is 0.719. The first-order chi connectivity index (χ1) is 15.6. The third-order valence-corrected chi connectivity index (χ3v) is 5.33. The van der Waals surface area contributed by atoms with Crippen LogP contribution < -0.4 is 15.4 Å². The first kappa shape index (κ1) is 21.1. The number of non-ortho nitro benzene ring substituents is 1. The van der Waals surface area contributed by atoms with E-state index in [1.165, 1.54) is 18.0 Å². The number of nitrogens with zero attached hydrogens (tertiary/aromatic N) is 3. The van der Waals surface area contributed by atoms with Gasteiger partial charge in [-0.2, -0.15) is 0 Å². The number of para-hydroxylation sites is 1. The van der Waals surface area contributed by atoms with Gasteiger partial charge in [-0.1, -0.05) is 30.3 Å². The molecule has 0 fully saturated rings. The minimum Gasteiger partial charge on any atom is -0.383 e. The number of fused-ring (bicyclic) bond motifs is 1. The van der Waals surface area contributed by atoms with Crippen LogP contribution in [0.5, 0.6) is 0 Å². The molecule has 0 radical (unpaired) electrons. The number of nitro groups is 1. The van der Waals surface area contributed by atoms with Crippen LogP contribution in [0.15, 0.2) is 76.3 Å². The van der Waals surface area contributed by atoms with E-state index in [4.69, 9.17) is 0 Å². The molecular formula is C21H18N6O4S. The topological polar surface area (TPSA) is 135 Å². The minimum atomic E-state index is -0.518. The highest BCUT2D eigenvalue weighted by Crippen LogP contribution is 2.28. The highest BCUT2D eigenvalue weighted by atomic mass is 32.2. The fraction of sp³-hybridized carbons (Fsp3) is 0.0952. The Hall–Kier alpha value is -4.12. The van der Waals surface area contributed by atoms with Crippen molar-refractivity contribution in [3.05, 3.63) is 82.4 Å². The van der Waals surface area contributed by atoms with Gasteiger partial charge < -0.3 is 10.6 Å². The zero-order chi connectivity index (χ0) is 22.3. The van der Waals surface area contributed by atoms with Crippen molar-refractivity contribution in [2.24, 2.45) is 0 Å². The lowest BCUT2D eigenvalue weighted by Gasteiger charge is -2.08. The fourth-order valence-electron chi connectivity index (χ4n) is 2.99. The van der Waals surface area contributed by atoms with Crippen molar-refractivity contribution in [1.29, 1.82) is 0 Å². The second kappa shape index (κ2) is 9.79. The number of nitrogens with one attached hydrogen (secondary N) is 3. The molecule has 0 aliphatic rings. The highest BCUT2D eigenvalue weighted by molar-refractivity contribution is 7.98. The van der Waals surface area contributed by atoms with Crippen LogP contribution in [0.1, 0.15) is 5.56 Å². The maximum atomic E-state index is 12.0. The van der Waals surface area contributed by atoms with Gasteiger partial charge in [-0.15, -0.1) is 0 Å². The molecule has 3 aromatic carbocycles. The van der Waals surface area contributed by atoms with E-state index < -0.39 is 4.92 Å². The smallest absolute Gasteiger partial charge is 0.329 e. The molecule has 2 amide bonds. The Kier molecular flexibility index (Phi) is 6.46. The molecule has 0 atom stereocenters. The van der Waals surface area contributed by atoms with Gasteiger partial charge in [-0.05, 0) is 64.6 Å². The zero-order valence-corrected chi connectivity index (χ0v) is 17.5. The summed E-state index contributed by atoms with van der Waals surface area (Å²) in [6.45, 7) is 0.587. The first-order valence-corrected chi connectivity index (χ1v) is 10.4. The summed E-state index contributed by atoms with van der Waals surface area (Å²) < 4.78 is 7.41. The molecule has 0 aliphatic heterocycles. The van der Waals surface area contributed by atoms with Crippen molar-refractivity contribution in [2.45, 2.75) is 11.3 Å². The van der Waals surface area contributed by atoms with Crippen LogP contribution in [-0.4, -0.2) is 27.8 Å². The Morgan fingerprint density at radius 2 is 1.75 bits per heavy atom. The quantitative estimate of drug-likeness (QED) is 0.201. The third kappa shape index (κ3) is 5.13. The number of amides is 2. The lowest BCUT2D eigenvalue weighted by molar-refractivity contribution is -0.383. The summed E-state index contributed by atoms with van der Waals surface area (Å²) in [5.41, 5.74) is 2.72. The van der Waals surface area contributed by atoms with Crippen molar-refractivity contribution in [2.75, 3.05) is 17.2 Å². The summed E-state index contributed by atoms with van der Waals surface area (Å²) in [5.74, 6) is 0. The predicted octanol–water partition coefficient (Wildman–Crippen LogP) is 4.61. The average Bonchev–Trinajstić information content (AvgIpc) is 3.29. The van der Waals surface area contributed by atoms with E-state index in [1.807, 2.05) is 54.6 Å². The molecule has 11 heteroatoms. The van der Waals surface area contributed by atoms with Gasteiger partial charge in [0, 0.05) is 23.2 Å². The van der Waals surface area contributed by atoms with Crippen molar-refractivity contribution < 1.29 is 14.3 Å². The lowest BCUT2D eigenvalue weighted by atomic mass is 10.1. The molecule has 4 aromatic rings. The van der Waals surface area contributed by atoms with E-state index in [9.17, 15) is 14.9 Å². The van der Waals surface area contributed by atoms with Gasteiger partial charge in [0.15, 0.2) is 5.52 Å². The van der Waals surface area contributed by atoms with Crippen molar-refractivity contribution in [3.8, 4) is 0 Å². The van der Waals surface area contributed by atoms with Gasteiger partial charge in [0.25, 0.3) is 0 Å². The van der Waals surface area contributed by atoms with Gasteiger partial charge in [0.05, 0.1) is 10.6 Å². The number of hydrogen-bond donors (Lipinski definition) is 3. The van der Waals surface area contributed by atoms with Gasteiger partial charge in [-0.3, -0.25) is 14.8 Å². The van der Waals surface area contributed by atoms with E-state index in [1.54, 1.807) is 6.07 Å². The van der Waals surface area contributed by atoms with Crippen LogP contribution in [-0.2, 0) is 6.42 Å². The zero-order valence-electron chi connectivity index (χ0n) is 16.6. The maximum Gasteiger partial charge on any atom is 0.329 e. The van der Waals surface area contributed by atoms with E-state index in [-0.39, 0.29) is 17.2 Å². The standard InChI is InChI=1S/C21H18N6O4S/c28-21(23-15-4-2-1-3-5-15)26-32-16-8-6-14(7-9-16)12-13-22-17-10-11-18(27(29)30)20-19(17)24-31-25-20/h1-11,22H,12-13H2,(H2,23,26,28). The van der Waals surface area contributed by atoms with Crippen LogP contribution in [0.4, 0.5) is 21.9 Å². The van der Waals surface area contributed by atoms with E-state index in [0.717, 1.165) is 22.6 Å². The fourth-order valence-corrected chi connectivity index (χ4v) is 3.53. The number of benzene rings is 3. The second-order valence-electron chi connectivity index (χ2n) is 6.70. The van der Waals surface area contributed by atoms with Gasteiger partial charge in [-0.25, -0.2) is 9.42 Å². The molecule has 0 saturated carbocycles. The lowest BCUT2D eigenvalue weighted by Crippen LogP contribution is -2.22. The van der Waals surface area contributed by atoms with Gasteiger partial charge in [0.2, 0.25) is 5.52 Å². The predicted molar refractivity (Wildman–Crippen MR) is 122 cm³/mol. The molecule has 1 heterocycles. The summed E-state index contributed by atoms with van der Waals surface area (Å²) >= 11 is 1.22. The maximum absolute atomic E-state index is 12.0. The molecule has 10 nitrogen and oxygen atoms in total. The number of aromatic nitrogens is 2. The molecule has 0 unspecified atom stereocenters. The Morgan fingerprint density at radius 3 is 2.50 bits per heavy atom. The number of carbonyl (C=O) groups excluding carboxylic acids is 1. The molecule has 0 bridgehead atoms. The largest absolute Gasteiger partial charge is 0.383 e. The number of anilines is 2. The Bertz CT molecular complexity index is 1230. The Morgan fingerprint density at radius 1 is 1.00 bits per heavy atom. The number of hydrogen-bond acceptors (Lipinski definition) is 8. The summed E-state index contributed by atoms with van der Waals surface area (Å²) in [6, 6.07) is 19.7. The summed E-state index contributed by atoms with van der Waals surface area (Å²) in [4.78, 5) is 23.4. The SMILES string of the molecule is O=C(NSc1ccc(CCNc2ccc([N+](=O)[O-])c3nonc23)cc1)Nc1ccccc1. The van der Waals surface area contributed by atoms with Gasteiger partial charge in [0.1, 0.15) is 0 Å². The Labute approximate surface area is 186 Å². The first-order valence-electron chi connectivity index (χ1n) is 9.61. The van der Waals surface area contributed by atoms with Crippen LogP contribution >= 0.6 is 11.9 Å². The molecule has 3 N–H and O–H groups in total. The number of nitro benzene ring substituents is 1. The average molecular weight is 450 g/mol. The molecule has 0 spiro atoms. The van der Waals surface area contributed by atoms with Crippen molar-refractivity contribution in [3.63, 3.8) is 0 Å². The molecule has 0 saturated heterocycles. The summed E-state index contributed by atoms with van der Waals surface area (Å²) in [5, 5.41) is 24.4. The molecule has 1 aromatic heterocycles. The monoisotopic (exact) mass is 450 g/mol. The van der Waals surface area contributed by atoms with Crippen LogP contribution in [0.2, 0.25) is 0 Å². The summed E-state index contributed by atoms with van der Waals surface area (Å²) in [7, 11) is 0. The van der Waals surface area contributed by atoms with Gasteiger partial charge >= 0.3 is 11.7 Å². The number of rotatable bonds is 8.